The maximum absolute atomic E-state index is 5.31. The number of rotatable bonds is 2. The largest absolute Gasteiger partial charge is 0.368 e. The standard InChI is InChI=1S/C6H13N2O/c1-7-4-6-5-8-2-3-9-6/h7-8H,2-5H2,1H3. The molecule has 2 N–H and O–H groups in total. The molecule has 0 saturated carbocycles. The first kappa shape index (κ1) is 6.99. The summed E-state index contributed by atoms with van der Waals surface area (Å²) in [6, 6.07) is 0. The Morgan fingerprint density at radius 2 is 2.67 bits per heavy atom. The molecule has 0 amide bonds. The van der Waals surface area contributed by atoms with Gasteiger partial charge >= 0.3 is 0 Å². The molecule has 3 nitrogen and oxygen atoms in total. The van der Waals surface area contributed by atoms with Crippen LogP contribution in [0.5, 0.6) is 0 Å². The monoisotopic (exact) mass is 129 g/mol. The Morgan fingerprint density at radius 3 is 3.22 bits per heavy atom. The number of ether oxygens (including phenoxy) is 1. The molecule has 1 saturated heterocycles. The molecule has 3 heteroatoms. The van der Waals surface area contributed by atoms with E-state index in [1.165, 1.54) is 0 Å². The van der Waals surface area contributed by atoms with Gasteiger partial charge in [-0.3, -0.25) is 0 Å². The lowest BCUT2D eigenvalue weighted by molar-refractivity contribution is 0.110. The van der Waals surface area contributed by atoms with Crippen molar-refractivity contribution in [2.75, 3.05) is 33.3 Å². The molecule has 1 rings (SSSR count). The molecule has 1 radical (unpaired) electrons. The molecule has 0 aromatic rings. The van der Waals surface area contributed by atoms with E-state index in [0.29, 0.717) is 0 Å². The fourth-order valence-corrected chi connectivity index (χ4v) is 0.857. The van der Waals surface area contributed by atoms with Gasteiger partial charge in [0.2, 0.25) is 0 Å². The third-order valence-electron chi connectivity index (χ3n) is 1.28. The summed E-state index contributed by atoms with van der Waals surface area (Å²) in [5.74, 6) is 0. The number of likely N-dealkylation sites (N-methyl/N-ethyl adjacent to an activating group) is 1. The Morgan fingerprint density at radius 1 is 1.78 bits per heavy atom. The molecule has 0 spiro atoms. The summed E-state index contributed by atoms with van der Waals surface area (Å²) in [6.45, 7) is 3.57. The van der Waals surface area contributed by atoms with E-state index in [4.69, 9.17) is 4.74 Å². The molecule has 0 aliphatic carbocycles. The van der Waals surface area contributed by atoms with Gasteiger partial charge < -0.3 is 15.4 Å². The molecule has 1 fully saturated rings. The van der Waals surface area contributed by atoms with E-state index in [0.717, 1.165) is 32.3 Å². The highest BCUT2D eigenvalue weighted by Crippen LogP contribution is 2.01. The summed E-state index contributed by atoms with van der Waals surface area (Å²) >= 11 is 0. The summed E-state index contributed by atoms with van der Waals surface area (Å²) in [6.07, 6.45) is 1.11. The van der Waals surface area contributed by atoms with Crippen LogP contribution < -0.4 is 10.6 Å². The Labute approximate surface area is 55.8 Å². The Bertz CT molecular complexity index is 68.7. The van der Waals surface area contributed by atoms with Crippen molar-refractivity contribution in [2.45, 2.75) is 0 Å². The number of morpholine rings is 1. The van der Waals surface area contributed by atoms with Crippen LogP contribution in [-0.2, 0) is 4.74 Å². The first-order valence-electron chi connectivity index (χ1n) is 3.26. The van der Waals surface area contributed by atoms with Gasteiger partial charge in [0.05, 0.1) is 6.61 Å². The van der Waals surface area contributed by atoms with Gasteiger partial charge in [-0.25, -0.2) is 0 Å². The van der Waals surface area contributed by atoms with Crippen LogP contribution in [0, 0.1) is 6.10 Å². The van der Waals surface area contributed by atoms with Gasteiger partial charge in [0.25, 0.3) is 0 Å². The van der Waals surface area contributed by atoms with Crippen LogP contribution in [0.1, 0.15) is 0 Å². The van der Waals surface area contributed by atoms with E-state index in [-0.39, 0.29) is 0 Å². The van der Waals surface area contributed by atoms with Crippen molar-refractivity contribution in [1.82, 2.24) is 10.6 Å². The summed E-state index contributed by atoms with van der Waals surface area (Å²) in [4.78, 5) is 0. The highest BCUT2D eigenvalue weighted by Gasteiger charge is 2.12. The second-order valence-electron chi connectivity index (χ2n) is 2.09. The van der Waals surface area contributed by atoms with Gasteiger partial charge in [0.1, 0.15) is 6.10 Å². The molecule has 53 valence electrons. The van der Waals surface area contributed by atoms with E-state index < -0.39 is 0 Å². The maximum Gasteiger partial charge on any atom is 0.124 e. The normalized spacial score (nSPS) is 22.3. The average Bonchev–Trinajstić information content (AvgIpc) is 1.91. The van der Waals surface area contributed by atoms with E-state index >= 15 is 0 Å². The fourth-order valence-electron chi connectivity index (χ4n) is 0.857. The fraction of sp³-hybridized carbons (Fsp3) is 0.833. The third kappa shape index (κ3) is 2.30. The molecule has 0 aromatic heterocycles. The molecule has 0 bridgehead atoms. The van der Waals surface area contributed by atoms with Crippen LogP contribution in [0.15, 0.2) is 0 Å². The van der Waals surface area contributed by atoms with Crippen molar-refractivity contribution in [3.05, 3.63) is 6.10 Å². The van der Waals surface area contributed by atoms with Gasteiger partial charge in [0, 0.05) is 19.6 Å². The maximum atomic E-state index is 5.31. The van der Waals surface area contributed by atoms with E-state index in [2.05, 4.69) is 10.6 Å². The highest BCUT2D eigenvalue weighted by molar-refractivity contribution is 4.86. The van der Waals surface area contributed by atoms with Crippen LogP contribution in [0.25, 0.3) is 0 Å². The minimum absolute atomic E-state index is 0.816. The predicted molar refractivity (Wildman–Crippen MR) is 36.0 cm³/mol. The van der Waals surface area contributed by atoms with Gasteiger partial charge in [-0.1, -0.05) is 0 Å². The zero-order valence-electron chi connectivity index (χ0n) is 5.74. The Hall–Kier alpha value is -0.120. The van der Waals surface area contributed by atoms with Crippen molar-refractivity contribution in [3.8, 4) is 0 Å². The van der Waals surface area contributed by atoms with Crippen molar-refractivity contribution in [2.24, 2.45) is 0 Å². The molecule has 1 heterocycles. The van der Waals surface area contributed by atoms with Crippen LogP contribution in [0.2, 0.25) is 0 Å². The second kappa shape index (κ2) is 3.82. The van der Waals surface area contributed by atoms with Gasteiger partial charge in [-0.05, 0) is 7.05 Å². The van der Waals surface area contributed by atoms with Crippen LogP contribution in [-0.4, -0.2) is 33.3 Å². The van der Waals surface area contributed by atoms with Crippen LogP contribution in [0.4, 0.5) is 0 Å². The zero-order valence-corrected chi connectivity index (χ0v) is 5.74. The van der Waals surface area contributed by atoms with Gasteiger partial charge in [-0.15, -0.1) is 0 Å². The quantitative estimate of drug-likeness (QED) is 0.520. The van der Waals surface area contributed by atoms with Crippen LogP contribution >= 0.6 is 0 Å². The van der Waals surface area contributed by atoms with Crippen molar-refractivity contribution < 1.29 is 4.74 Å². The summed E-state index contributed by atoms with van der Waals surface area (Å²) in [5, 5.41) is 6.25. The van der Waals surface area contributed by atoms with Gasteiger partial charge in [0.15, 0.2) is 0 Å². The van der Waals surface area contributed by atoms with Gasteiger partial charge in [-0.2, -0.15) is 0 Å². The molecule has 0 unspecified atom stereocenters. The number of hydrogen-bond donors (Lipinski definition) is 2. The molecule has 1 aliphatic rings. The van der Waals surface area contributed by atoms with E-state index in [1.807, 2.05) is 7.05 Å². The second-order valence-corrected chi connectivity index (χ2v) is 2.09. The minimum atomic E-state index is 0.816. The molecule has 0 aromatic carbocycles. The number of nitrogens with one attached hydrogen (secondary N) is 2. The summed E-state index contributed by atoms with van der Waals surface area (Å²) in [7, 11) is 1.92. The SMILES string of the molecule is CNC[C]1CNCCO1. The summed E-state index contributed by atoms with van der Waals surface area (Å²) in [5.41, 5.74) is 0. The third-order valence-corrected chi connectivity index (χ3v) is 1.28. The molecule has 9 heavy (non-hydrogen) atoms. The molecular weight excluding hydrogens is 116 g/mol. The predicted octanol–water partition coefficient (Wildman–Crippen LogP) is -0.642. The Kier molecular flexibility index (Phi) is 2.97. The lowest BCUT2D eigenvalue weighted by atomic mass is 10.3. The average molecular weight is 129 g/mol. The van der Waals surface area contributed by atoms with Crippen LogP contribution in [0.3, 0.4) is 0 Å². The lowest BCUT2D eigenvalue weighted by Gasteiger charge is -2.21. The minimum Gasteiger partial charge on any atom is -0.368 e. The highest BCUT2D eigenvalue weighted by atomic mass is 16.5. The van der Waals surface area contributed by atoms with Crippen molar-refractivity contribution in [3.63, 3.8) is 0 Å². The number of hydrogen-bond acceptors (Lipinski definition) is 3. The first-order chi connectivity index (χ1) is 4.43. The molecule has 0 atom stereocenters. The zero-order chi connectivity index (χ0) is 6.53. The van der Waals surface area contributed by atoms with E-state index in [1.54, 1.807) is 0 Å². The topological polar surface area (TPSA) is 33.3 Å². The Balaban J connectivity index is 2.08. The smallest absolute Gasteiger partial charge is 0.124 e. The lowest BCUT2D eigenvalue weighted by Crippen LogP contribution is -2.37. The molecule has 1 aliphatic heterocycles. The first-order valence-corrected chi connectivity index (χ1v) is 3.26. The molecular formula is C6H13N2O. The van der Waals surface area contributed by atoms with E-state index in [9.17, 15) is 0 Å². The van der Waals surface area contributed by atoms with Crippen molar-refractivity contribution in [1.29, 1.82) is 0 Å². The van der Waals surface area contributed by atoms with Crippen molar-refractivity contribution >= 4 is 0 Å². The summed E-state index contributed by atoms with van der Waals surface area (Å²) < 4.78 is 5.31.